The molecular formula is C13H20N4O3. The average molecular weight is 280 g/mol. The maximum Gasteiger partial charge on any atom is 0.224 e. The molecule has 20 heavy (non-hydrogen) atoms. The van der Waals surface area contributed by atoms with E-state index in [0.717, 1.165) is 12.8 Å². The Balaban J connectivity index is 1.59. The quantitative estimate of drug-likeness (QED) is 0.816. The topological polar surface area (TPSA) is 80.5 Å². The van der Waals surface area contributed by atoms with E-state index in [1.54, 1.807) is 17.2 Å². The molecule has 7 heteroatoms. The zero-order valence-electron chi connectivity index (χ0n) is 11.4. The van der Waals surface area contributed by atoms with Crippen molar-refractivity contribution in [1.82, 2.24) is 19.7 Å². The van der Waals surface area contributed by atoms with Crippen molar-refractivity contribution in [2.45, 2.75) is 38.0 Å². The zero-order chi connectivity index (χ0) is 13.9. The van der Waals surface area contributed by atoms with E-state index in [4.69, 9.17) is 4.74 Å². The molecule has 2 heterocycles. The fourth-order valence-corrected chi connectivity index (χ4v) is 3.22. The molecule has 0 spiro atoms. The van der Waals surface area contributed by atoms with Crippen LogP contribution < -0.4 is 0 Å². The summed E-state index contributed by atoms with van der Waals surface area (Å²) in [6.45, 7) is 2.03. The number of aryl methyl sites for hydroxylation is 1. The Labute approximate surface area is 117 Å². The number of amides is 1. The van der Waals surface area contributed by atoms with E-state index in [0.29, 0.717) is 26.1 Å². The van der Waals surface area contributed by atoms with Crippen molar-refractivity contribution in [3.8, 4) is 0 Å². The Bertz CT molecular complexity index is 450. The average Bonchev–Trinajstić information content (AvgIpc) is 3.12. The highest BCUT2D eigenvalue weighted by Crippen LogP contribution is 2.34. The molecule has 1 unspecified atom stereocenters. The fraction of sp³-hybridized carbons (Fsp3) is 0.769. The van der Waals surface area contributed by atoms with E-state index < -0.39 is 0 Å². The molecule has 1 aromatic heterocycles. The molecular weight excluding hydrogens is 260 g/mol. The fourth-order valence-electron chi connectivity index (χ4n) is 3.22. The van der Waals surface area contributed by atoms with Gasteiger partial charge in [0.25, 0.3) is 0 Å². The van der Waals surface area contributed by atoms with Crippen molar-refractivity contribution in [2.75, 3.05) is 19.8 Å². The Kier molecular flexibility index (Phi) is 3.98. The number of aliphatic hydroxyl groups excluding tert-OH is 1. The van der Waals surface area contributed by atoms with Gasteiger partial charge in [0.2, 0.25) is 5.91 Å². The first-order chi connectivity index (χ1) is 9.78. The summed E-state index contributed by atoms with van der Waals surface area (Å²) in [6.07, 6.45) is 5.49. The number of rotatable bonds is 4. The highest BCUT2D eigenvalue weighted by Gasteiger charge is 2.42. The molecule has 1 saturated heterocycles. The van der Waals surface area contributed by atoms with E-state index in [-0.39, 0.29) is 30.6 Å². The predicted octanol–water partition coefficient (Wildman–Crippen LogP) is -0.333. The highest BCUT2D eigenvalue weighted by atomic mass is 16.5. The number of nitrogens with zero attached hydrogens (tertiary/aromatic N) is 4. The minimum Gasteiger partial charge on any atom is -0.396 e. The van der Waals surface area contributed by atoms with Crippen LogP contribution in [-0.2, 0) is 16.1 Å². The standard InChI is InChI=1S/C13H20N4O3/c18-7-10-5-11-12(6-10)20-4-3-17(11)13(19)1-2-16-8-14-15-9-16/h8-12,18H,1-7H2/t10-,11+,12?/m1/s1. The minimum atomic E-state index is 0.0970. The number of carbonyl (C=O) groups is 1. The summed E-state index contributed by atoms with van der Waals surface area (Å²) < 4.78 is 7.54. The molecule has 1 aliphatic carbocycles. The lowest BCUT2D eigenvalue weighted by Gasteiger charge is -2.37. The van der Waals surface area contributed by atoms with E-state index in [2.05, 4.69) is 10.2 Å². The third-order valence-electron chi connectivity index (χ3n) is 4.26. The number of hydrogen-bond donors (Lipinski definition) is 1. The monoisotopic (exact) mass is 280 g/mol. The molecule has 110 valence electrons. The number of carbonyl (C=O) groups excluding carboxylic acids is 1. The van der Waals surface area contributed by atoms with E-state index in [9.17, 15) is 9.90 Å². The molecule has 0 radical (unpaired) electrons. The van der Waals surface area contributed by atoms with Crippen LogP contribution in [-0.4, -0.2) is 62.6 Å². The lowest BCUT2D eigenvalue weighted by atomic mass is 10.1. The van der Waals surface area contributed by atoms with Gasteiger partial charge in [0, 0.05) is 26.1 Å². The second-order valence-electron chi connectivity index (χ2n) is 5.53. The summed E-state index contributed by atoms with van der Waals surface area (Å²) in [6, 6.07) is 0.134. The highest BCUT2D eigenvalue weighted by molar-refractivity contribution is 5.76. The maximum absolute atomic E-state index is 12.4. The molecule has 0 aromatic carbocycles. The number of hydrogen-bond acceptors (Lipinski definition) is 5. The smallest absolute Gasteiger partial charge is 0.224 e. The van der Waals surface area contributed by atoms with E-state index >= 15 is 0 Å². The van der Waals surface area contributed by atoms with Crippen LogP contribution in [0.3, 0.4) is 0 Å². The van der Waals surface area contributed by atoms with Crippen LogP contribution in [0.5, 0.6) is 0 Å². The van der Waals surface area contributed by atoms with Crippen LogP contribution in [0.2, 0.25) is 0 Å². The summed E-state index contributed by atoms with van der Waals surface area (Å²) in [5.74, 6) is 0.409. The molecule has 1 N–H and O–H groups in total. The largest absolute Gasteiger partial charge is 0.396 e. The molecule has 1 aromatic rings. The zero-order valence-corrected chi connectivity index (χ0v) is 11.4. The SMILES string of the molecule is O=C(CCn1cnnc1)N1CCOC2C[C@H](CO)C[C@@H]21. The molecule has 3 rings (SSSR count). The maximum atomic E-state index is 12.4. The van der Waals surface area contributed by atoms with Gasteiger partial charge >= 0.3 is 0 Å². The van der Waals surface area contributed by atoms with Gasteiger partial charge in [-0.15, -0.1) is 10.2 Å². The number of aliphatic hydroxyl groups is 1. The van der Waals surface area contributed by atoms with Crippen LogP contribution in [0.25, 0.3) is 0 Å². The Morgan fingerprint density at radius 2 is 2.15 bits per heavy atom. The van der Waals surface area contributed by atoms with Crippen LogP contribution in [0.1, 0.15) is 19.3 Å². The van der Waals surface area contributed by atoms with Crippen molar-refractivity contribution >= 4 is 5.91 Å². The number of ether oxygens (including phenoxy) is 1. The first-order valence-corrected chi connectivity index (χ1v) is 7.12. The first-order valence-electron chi connectivity index (χ1n) is 7.12. The third-order valence-corrected chi connectivity index (χ3v) is 4.26. The molecule has 2 fully saturated rings. The Morgan fingerprint density at radius 3 is 2.90 bits per heavy atom. The predicted molar refractivity (Wildman–Crippen MR) is 69.7 cm³/mol. The Morgan fingerprint density at radius 1 is 1.35 bits per heavy atom. The lowest BCUT2D eigenvalue weighted by Crippen LogP contribution is -2.51. The van der Waals surface area contributed by atoms with Crippen LogP contribution in [0, 0.1) is 5.92 Å². The van der Waals surface area contributed by atoms with Gasteiger partial charge < -0.3 is 19.3 Å². The van der Waals surface area contributed by atoms with E-state index in [1.807, 2.05) is 4.90 Å². The summed E-state index contributed by atoms with van der Waals surface area (Å²) in [5.41, 5.74) is 0. The second-order valence-corrected chi connectivity index (χ2v) is 5.53. The van der Waals surface area contributed by atoms with Gasteiger partial charge in [-0.1, -0.05) is 0 Å². The van der Waals surface area contributed by atoms with Crippen LogP contribution in [0.15, 0.2) is 12.7 Å². The van der Waals surface area contributed by atoms with Gasteiger partial charge in [0.15, 0.2) is 0 Å². The molecule has 1 saturated carbocycles. The van der Waals surface area contributed by atoms with Crippen LogP contribution in [0.4, 0.5) is 0 Å². The van der Waals surface area contributed by atoms with E-state index in [1.165, 1.54) is 0 Å². The number of fused-ring (bicyclic) bond motifs is 1. The molecule has 2 aliphatic rings. The first kappa shape index (κ1) is 13.5. The summed E-state index contributed by atoms with van der Waals surface area (Å²) >= 11 is 0. The van der Waals surface area contributed by atoms with Crippen molar-refractivity contribution in [1.29, 1.82) is 0 Å². The van der Waals surface area contributed by atoms with Gasteiger partial charge in [-0.25, -0.2) is 0 Å². The van der Waals surface area contributed by atoms with Gasteiger partial charge in [0.1, 0.15) is 12.7 Å². The van der Waals surface area contributed by atoms with Crippen molar-refractivity contribution in [3.05, 3.63) is 12.7 Å². The molecule has 3 atom stereocenters. The van der Waals surface area contributed by atoms with Crippen LogP contribution >= 0.6 is 0 Å². The number of aromatic nitrogens is 3. The normalized spacial score (nSPS) is 29.4. The van der Waals surface area contributed by atoms with Gasteiger partial charge in [-0.2, -0.15) is 0 Å². The lowest BCUT2D eigenvalue weighted by molar-refractivity contribution is -0.144. The number of morpholine rings is 1. The molecule has 7 nitrogen and oxygen atoms in total. The van der Waals surface area contributed by atoms with Crippen molar-refractivity contribution in [3.63, 3.8) is 0 Å². The Hall–Kier alpha value is -1.47. The van der Waals surface area contributed by atoms with Gasteiger partial charge in [-0.05, 0) is 18.8 Å². The summed E-state index contributed by atoms with van der Waals surface area (Å²) in [7, 11) is 0. The third kappa shape index (κ3) is 2.69. The minimum absolute atomic E-state index is 0.0970. The van der Waals surface area contributed by atoms with Gasteiger partial charge in [0.05, 0.1) is 18.8 Å². The molecule has 0 bridgehead atoms. The summed E-state index contributed by atoms with van der Waals surface area (Å²) in [5, 5.41) is 16.7. The summed E-state index contributed by atoms with van der Waals surface area (Å²) in [4.78, 5) is 14.3. The van der Waals surface area contributed by atoms with Crippen molar-refractivity contribution < 1.29 is 14.6 Å². The van der Waals surface area contributed by atoms with Crippen molar-refractivity contribution in [2.24, 2.45) is 5.92 Å². The van der Waals surface area contributed by atoms with Gasteiger partial charge in [-0.3, -0.25) is 4.79 Å². The molecule has 1 amide bonds. The molecule has 1 aliphatic heterocycles. The second kappa shape index (κ2) is 5.88.